The topological polar surface area (TPSA) is 15.3 Å². The van der Waals surface area contributed by atoms with Gasteiger partial charge in [0.25, 0.3) is 0 Å². The monoisotopic (exact) mass is 226 g/mol. The molecular weight excluding hydrogens is 196 g/mol. The van der Waals surface area contributed by atoms with Crippen LogP contribution >= 0.6 is 0 Å². The average Bonchev–Trinajstić information content (AvgIpc) is 2.14. The molecule has 0 aliphatic heterocycles. The molecule has 0 fully saturated rings. The van der Waals surface area contributed by atoms with E-state index in [9.17, 15) is 0 Å². The van der Waals surface area contributed by atoms with Crippen LogP contribution in [0.4, 0.5) is 0 Å². The number of hydrogen-bond donors (Lipinski definition) is 1. The zero-order chi connectivity index (χ0) is 12.8. The van der Waals surface area contributed by atoms with Crippen LogP contribution in [0.3, 0.4) is 0 Å². The minimum Gasteiger partial charge on any atom is -0.312 e. The molecule has 0 bridgehead atoms. The molecule has 0 rings (SSSR count). The van der Waals surface area contributed by atoms with Gasteiger partial charge in [0.2, 0.25) is 0 Å². The van der Waals surface area contributed by atoms with Crippen LogP contribution in [0.15, 0.2) is 11.6 Å². The van der Waals surface area contributed by atoms with E-state index >= 15 is 0 Å². The van der Waals surface area contributed by atoms with E-state index in [-0.39, 0.29) is 5.54 Å². The van der Waals surface area contributed by atoms with Crippen molar-refractivity contribution in [3.8, 4) is 0 Å². The average molecular weight is 226 g/mol. The molecule has 1 N–H and O–H groups in total. The molecule has 0 aromatic rings. The Morgan fingerprint density at radius 1 is 1.31 bits per heavy atom. The maximum absolute atomic E-state index is 3.61. The molecule has 0 radical (unpaired) electrons. The molecule has 0 spiro atoms. The fourth-order valence-corrected chi connectivity index (χ4v) is 1.31. The minimum atomic E-state index is 0.227. The van der Waals surface area contributed by atoms with Gasteiger partial charge in [0.15, 0.2) is 0 Å². The van der Waals surface area contributed by atoms with Gasteiger partial charge in [-0.05, 0) is 61.6 Å². The van der Waals surface area contributed by atoms with Gasteiger partial charge < -0.3 is 10.2 Å². The zero-order valence-electron chi connectivity index (χ0n) is 12.2. The van der Waals surface area contributed by atoms with Gasteiger partial charge in [-0.3, -0.25) is 0 Å². The third kappa shape index (κ3) is 7.02. The summed E-state index contributed by atoms with van der Waals surface area (Å²) in [6, 6.07) is 0.592. The van der Waals surface area contributed by atoms with Gasteiger partial charge >= 0.3 is 0 Å². The van der Waals surface area contributed by atoms with Crippen molar-refractivity contribution < 1.29 is 0 Å². The van der Waals surface area contributed by atoms with E-state index in [2.05, 4.69) is 65.0 Å². The SMILES string of the molecule is CC(C)=CCCC(C)NCC(C)(C)N(C)C. The largest absolute Gasteiger partial charge is 0.312 e. The summed E-state index contributed by atoms with van der Waals surface area (Å²) in [5.41, 5.74) is 1.64. The third-order valence-electron chi connectivity index (χ3n) is 3.25. The van der Waals surface area contributed by atoms with Crippen LogP contribution in [0.1, 0.15) is 47.5 Å². The lowest BCUT2D eigenvalue weighted by molar-refractivity contribution is 0.184. The first kappa shape index (κ1) is 15.7. The highest BCUT2D eigenvalue weighted by Gasteiger charge is 2.20. The molecule has 0 saturated heterocycles. The summed E-state index contributed by atoms with van der Waals surface area (Å²) in [7, 11) is 4.27. The summed E-state index contributed by atoms with van der Waals surface area (Å²) in [6.45, 7) is 12.2. The number of likely N-dealkylation sites (N-methyl/N-ethyl adjacent to an activating group) is 1. The Balaban J connectivity index is 3.81. The summed E-state index contributed by atoms with van der Waals surface area (Å²) >= 11 is 0. The lowest BCUT2D eigenvalue weighted by atomic mass is 10.0. The third-order valence-corrected chi connectivity index (χ3v) is 3.25. The Morgan fingerprint density at radius 3 is 2.31 bits per heavy atom. The van der Waals surface area contributed by atoms with Crippen molar-refractivity contribution in [3.63, 3.8) is 0 Å². The molecule has 0 aromatic carbocycles. The van der Waals surface area contributed by atoms with Crippen molar-refractivity contribution in [2.75, 3.05) is 20.6 Å². The van der Waals surface area contributed by atoms with Crippen LogP contribution in [-0.4, -0.2) is 37.1 Å². The molecule has 16 heavy (non-hydrogen) atoms. The van der Waals surface area contributed by atoms with Gasteiger partial charge in [-0.15, -0.1) is 0 Å². The van der Waals surface area contributed by atoms with Crippen LogP contribution < -0.4 is 5.32 Å². The van der Waals surface area contributed by atoms with E-state index in [1.807, 2.05) is 0 Å². The number of allylic oxidation sites excluding steroid dienone is 2. The first-order valence-electron chi connectivity index (χ1n) is 6.30. The Hall–Kier alpha value is -0.340. The summed E-state index contributed by atoms with van der Waals surface area (Å²) in [5, 5.41) is 3.61. The number of rotatable bonds is 7. The Bertz CT molecular complexity index is 213. The van der Waals surface area contributed by atoms with E-state index in [1.165, 1.54) is 18.4 Å². The molecular formula is C14H30N2. The number of hydrogen-bond acceptors (Lipinski definition) is 2. The fourth-order valence-electron chi connectivity index (χ4n) is 1.31. The zero-order valence-corrected chi connectivity index (χ0v) is 12.2. The standard InChI is InChI=1S/C14H30N2/c1-12(2)9-8-10-13(3)15-11-14(4,5)16(6)7/h9,13,15H,8,10-11H2,1-7H3. The lowest BCUT2D eigenvalue weighted by Gasteiger charge is -2.34. The lowest BCUT2D eigenvalue weighted by Crippen LogP contribution is -2.48. The Morgan fingerprint density at radius 2 is 1.88 bits per heavy atom. The normalized spacial score (nSPS) is 14.0. The Kier molecular flexibility index (Phi) is 6.93. The van der Waals surface area contributed by atoms with Crippen molar-refractivity contribution in [3.05, 3.63) is 11.6 Å². The van der Waals surface area contributed by atoms with Crippen molar-refractivity contribution in [1.82, 2.24) is 10.2 Å². The first-order chi connectivity index (χ1) is 7.25. The van der Waals surface area contributed by atoms with Gasteiger partial charge in [0, 0.05) is 18.1 Å². The maximum Gasteiger partial charge on any atom is 0.0271 e. The second-order valence-electron chi connectivity index (χ2n) is 5.85. The second-order valence-corrected chi connectivity index (χ2v) is 5.85. The number of nitrogens with zero attached hydrogens (tertiary/aromatic N) is 1. The van der Waals surface area contributed by atoms with Crippen LogP contribution in [0.2, 0.25) is 0 Å². The molecule has 0 saturated carbocycles. The molecule has 0 aliphatic rings. The van der Waals surface area contributed by atoms with E-state index < -0.39 is 0 Å². The highest BCUT2D eigenvalue weighted by molar-refractivity contribution is 4.93. The predicted octanol–water partition coefficient (Wildman–Crippen LogP) is 3.05. The van der Waals surface area contributed by atoms with E-state index in [0.29, 0.717) is 6.04 Å². The van der Waals surface area contributed by atoms with Crippen LogP contribution in [0.5, 0.6) is 0 Å². The quantitative estimate of drug-likeness (QED) is 0.671. The smallest absolute Gasteiger partial charge is 0.0271 e. The van der Waals surface area contributed by atoms with Crippen LogP contribution in [0.25, 0.3) is 0 Å². The molecule has 1 unspecified atom stereocenters. The summed E-state index contributed by atoms with van der Waals surface area (Å²) in [6.07, 6.45) is 4.71. The van der Waals surface area contributed by atoms with Crippen molar-refractivity contribution in [2.24, 2.45) is 0 Å². The molecule has 0 aliphatic carbocycles. The first-order valence-corrected chi connectivity index (χ1v) is 6.30. The van der Waals surface area contributed by atoms with Gasteiger partial charge in [0.05, 0.1) is 0 Å². The van der Waals surface area contributed by atoms with Gasteiger partial charge in [-0.1, -0.05) is 11.6 Å². The summed E-state index contributed by atoms with van der Waals surface area (Å²) in [5.74, 6) is 0. The number of nitrogens with one attached hydrogen (secondary N) is 1. The molecule has 0 heterocycles. The van der Waals surface area contributed by atoms with E-state index in [1.54, 1.807) is 0 Å². The molecule has 1 atom stereocenters. The van der Waals surface area contributed by atoms with E-state index in [0.717, 1.165) is 6.54 Å². The van der Waals surface area contributed by atoms with Gasteiger partial charge in [-0.2, -0.15) is 0 Å². The fraction of sp³-hybridized carbons (Fsp3) is 0.857. The van der Waals surface area contributed by atoms with Gasteiger partial charge in [0.1, 0.15) is 0 Å². The molecule has 0 aromatic heterocycles. The predicted molar refractivity (Wildman–Crippen MR) is 73.9 cm³/mol. The Labute approximate surface area is 102 Å². The molecule has 0 amide bonds. The second kappa shape index (κ2) is 7.08. The summed E-state index contributed by atoms with van der Waals surface area (Å²) in [4.78, 5) is 2.27. The molecule has 2 heteroatoms. The highest BCUT2D eigenvalue weighted by atomic mass is 15.2. The maximum atomic E-state index is 3.61. The molecule has 2 nitrogen and oxygen atoms in total. The van der Waals surface area contributed by atoms with Crippen molar-refractivity contribution >= 4 is 0 Å². The summed E-state index contributed by atoms with van der Waals surface area (Å²) < 4.78 is 0. The van der Waals surface area contributed by atoms with Gasteiger partial charge in [-0.25, -0.2) is 0 Å². The van der Waals surface area contributed by atoms with Crippen molar-refractivity contribution in [2.45, 2.75) is 59.0 Å². The van der Waals surface area contributed by atoms with Crippen LogP contribution in [0, 0.1) is 0 Å². The molecule has 96 valence electrons. The highest BCUT2D eigenvalue weighted by Crippen LogP contribution is 2.09. The minimum absolute atomic E-state index is 0.227. The van der Waals surface area contributed by atoms with Crippen molar-refractivity contribution in [1.29, 1.82) is 0 Å². The van der Waals surface area contributed by atoms with Crippen LogP contribution in [-0.2, 0) is 0 Å². The van der Waals surface area contributed by atoms with E-state index in [4.69, 9.17) is 0 Å².